The molecule has 0 radical (unpaired) electrons. The van der Waals surface area contributed by atoms with Crippen LogP contribution >= 0.6 is 0 Å². The van der Waals surface area contributed by atoms with Gasteiger partial charge in [-0.05, 0) is 31.2 Å². The molecular formula is C18H16FN5O. The highest BCUT2D eigenvalue weighted by Gasteiger charge is 2.20. The predicted molar refractivity (Wildman–Crippen MR) is 93.8 cm³/mol. The third kappa shape index (κ3) is 2.36. The lowest BCUT2D eigenvalue weighted by Crippen LogP contribution is -2.22. The summed E-state index contributed by atoms with van der Waals surface area (Å²) >= 11 is 0. The van der Waals surface area contributed by atoms with Crippen molar-refractivity contribution in [2.45, 2.75) is 6.92 Å². The summed E-state index contributed by atoms with van der Waals surface area (Å²) in [5.74, 6) is -0.561. The zero-order valence-corrected chi connectivity index (χ0v) is 13.8. The van der Waals surface area contributed by atoms with E-state index in [4.69, 9.17) is 0 Å². The van der Waals surface area contributed by atoms with Crippen molar-refractivity contribution >= 4 is 28.0 Å². The molecule has 3 aromatic heterocycles. The summed E-state index contributed by atoms with van der Waals surface area (Å²) in [4.78, 5) is 23.7. The molecule has 0 aliphatic heterocycles. The molecule has 25 heavy (non-hydrogen) atoms. The minimum atomic E-state index is -0.380. The number of rotatable bonds is 3. The van der Waals surface area contributed by atoms with E-state index in [1.165, 1.54) is 4.57 Å². The summed E-state index contributed by atoms with van der Waals surface area (Å²) in [6.45, 7) is 2.39. The molecule has 7 heteroatoms. The predicted octanol–water partition coefficient (Wildman–Crippen LogP) is 3.01. The van der Waals surface area contributed by atoms with Crippen LogP contribution in [-0.2, 0) is 7.05 Å². The Morgan fingerprint density at radius 3 is 2.84 bits per heavy atom. The number of aryl methyl sites for hydroxylation is 1. The molecule has 1 aromatic carbocycles. The first kappa shape index (κ1) is 15.3. The molecule has 0 unspecified atom stereocenters. The smallest absolute Gasteiger partial charge is 0.251 e. The van der Waals surface area contributed by atoms with Crippen LogP contribution in [0.5, 0.6) is 0 Å². The third-order valence-corrected chi connectivity index (χ3v) is 4.26. The Hall–Kier alpha value is -3.22. The zero-order chi connectivity index (χ0) is 17.6. The molecule has 0 saturated carbocycles. The first-order valence-corrected chi connectivity index (χ1v) is 7.96. The molecule has 3 heterocycles. The topological polar surface area (TPSA) is 75.6 Å². The Morgan fingerprint density at radius 1 is 1.28 bits per heavy atom. The number of benzene rings is 1. The Balaban J connectivity index is 1.96. The van der Waals surface area contributed by atoms with E-state index in [-0.39, 0.29) is 11.9 Å². The second kappa shape index (κ2) is 5.70. The first-order valence-electron chi connectivity index (χ1n) is 7.96. The van der Waals surface area contributed by atoms with Gasteiger partial charge in [-0.15, -0.1) is 0 Å². The van der Waals surface area contributed by atoms with Crippen LogP contribution in [0.25, 0.3) is 33.3 Å². The van der Waals surface area contributed by atoms with Crippen LogP contribution in [0.1, 0.15) is 17.3 Å². The van der Waals surface area contributed by atoms with E-state index < -0.39 is 0 Å². The fourth-order valence-corrected chi connectivity index (χ4v) is 3.06. The maximum absolute atomic E-state index is 14.9. The lowest BCUT2D eigenvalue weighted by atomic mass is 10.1. The Labute approximate surface area is 142 Å². The minimum absolute atomic E-state index is 0.181. The summed E-state index contributed by atoms with van der Waals surface area (Å²) in [5.41, 5.74) is 3.44. The van der Waals surface area contributed by atoms with Gasteiger partial charge in [-0.25, -0.2) is 4.98 Å². The number of hydrogen-bond donors (Lipinski definition) is 2. The average molecular weight is 337 g/mol. The van der Waals surface area contributed by atoms with Crippen LogP contribution in [0.15, 0.2) is 36.7 Å². The molecule has 2 N–H and O–H groups in total. The average Bonchev–Trinajstić information content (AvgIpc) is 3.14. The van der Waals surface area contributed by atoms with E-state index in [0.717, 1.165) is 0 Å². The normalized spacial score (nSPS) is 11.3. The number of carbonyl (C=O) groups is 1. The Kier molecular flexibility index (Phi) is 3.49. The van der Waals surface area contributed by atoms with Gasteiger partial charge in [0.1, 0.15) is 5.52 Å². The fourth-order valence-electron chi connectivity index (χ4n) is 3.06. The molecule has 0 spiro atoms. The van der Waals surface area contributed by atoms with Gasteiger partial charge in [0.05, 0.1) is 16.8 Å². The van der Waals surface area contributed by atoms with Crippen molar-refractivity contribution in [1.29, 1.82) is 0 Å². The standard InChI is InChI=1S/C18H16FN5O/c1-3-20-18(25)10-4-5-14-11(8-10)15(16(19)24(14)2)12-9-13-17(23-12)22-7-6-21-13/h4-9H,3H2,1-2H3,(H,20,25)(H,22,23). The van der Waals surface area contributed by atoms with Crippen molar-refractivity contribution in [2.24, 2.45) is 7.05 Å². The maximum atomic E-state index is 14.9. The van der Waals surface area contributed by atoms with E-state index in [1.54, 1.807) is 43.7 Å². The molecule has 4 aromatic rings. The highest BCUT2D eigenvalue weighted by atomic mass is 19.1. The van der Waals surface area contributed by atoms with Crippen molar-refractivity contribution in [3.63, 3.8) is 0 Å². The van der Waals surface area contributed by atoms with Gasteiger partial charge in [0, 0.05) is 36.9 Å². The van der Waals surface area contributed by atoms with Crippen molar-refractivity contribution in [3.8, 4) is 11.3 Å². The highest BCUT2D eigenvalue weighted by Crippen LogP contribution is 2.34. The summed E-state index contributed by atoms with van der Waals surface area (Å²) in [7, 11) is 1.66. The van der Waals surface area contributed by atoms with Gasteiger partial charge in [-0.3, -0.25) is 9.78 Å². The zero-order valence-electron chi connectivity index (χ0n) is 13.8. The number of carbonyl (C=O) groups excluding carboxylic acids is 1. The number of nitrogens with zero attached hydrogens (tertiary/aromatic N) is 3. The molecule has 6 nitrogen and oxygen atoms in total. The Morgan fingerprint density at radius 2 is 2.08 bits per heavy atom. The summed E-state index contributed by atoms with van der Waals surface area (Å²) < 4.78 is 16.4. The van der Waals surface area contributed by atoms with Gasteiger partial charge in [-0.2, -0.15) is 4.39 Å². The van der Waals surface area contributed by atoms with Gasteiger partial charge in [0.25, 0.3) is 5.91 Å². The van der Waals surface area contributed by atoms with Crippen LogP contribution in [0.3, 0.4) is 0 Å². The first-order chi connectivity index (χ1) is 12.1. The van der Waals surface area contributed by atoms with Crippen LogP contribution in [0, 0.1) is 5.95 Å². The van der Waals surface area contributed by atoms with Gasteiger partial charge in [0.2, 0.25) is 5.95 Å². The number of amides is 1. The second-order valence-corrected chi connectivity index (χ2v) is 5.79. The van der Waals surface area contributed by atoms with Crippen molar-refractivity contribution in [3.05, 3.63) is 48.2 Å². The number of halogens is 1. The van der Waals surface area contributed by atoms with E-state index in [1.807, 2.05) is 6.92 Å². The van der Waals surface area contributed by atoms with E-state index in [0.29, 0.717) is 45.4 Å². The van der Waals surface area contributed by atoms with E-state index in [2.05, 4.69) is 20.3 Å². The summed E-state index contributed by atoms with van der Waals surface area (Å²) in [6.07, 6.45) is 3.17. The molecule has 0 atom stereocenters. The molecule has 0 aliphatic carbocycles. The van der Waals surface area contributed by atoms with Crippen LogP contribution < -0.4 is 5.32 Å². The van der Waals surface area contributed by atoms with E-state index >= 15 is 0 Å². The van der Waals surface area contributed by atoms with Crippen molar-refractivity contribution in [1.82, 2.24) is 24.8 Å². The van der Waals surface area contributed by atoms with Gasteiger partial charge >= 0.3 is 0 Å². The molecule has 0 bridgehead atoms. The highest BCUT2D eigenvalue weighted by molar-refractivity contribution is 6.03. The lowest BCUT2D eigenvalue weighted by molar-refractivity contribution is 0.0956. The molecule has 4 rings (SSSR count). The minimum Gasteiger partial charge on any atom is -0.352 e. The monoisotopic (exact) mass is 337 g/mol. The molecule has 0 aliphatic rings. The summed E-state index contributed by atoms with van der Waals surface area (Å²) in [5, 5.41) is 3.42. The largest absolute Gasteiger partial charge is 0.352 e. The number of H-pyrrole nitrogens is 1. The fraction of sp³-hybridized carbons (Fsp3) is 0.167. The number of nitrogens with one attached hydrogen (secondary N) is 2. The quantitative estimate of drug-likeness (QED) is 0.603. The number of aromatic amines is 1. The maximum Gasteiger partial charge on any atom is 0.251 e. The molecule has 126 valence electrons. The molecule has 1 amide bonds. The Bertz CT molecular complexity index is 1080. The molecule has 0 fully saturated rings. The lowest BCUT2D eigenvalue weighted by Gasteiger charge is -2.03. The molecular weight excluding hydrogens is 321 g/mol. The van der Waals surface area contributed by atoms with E-state index in [9.17, 15) is 9.18 Å². The second-order valence-electron chi connectivity index (χ2n) is 5.79. The van der Waals surface area contributed by atoms with Crippen LogP contribution in [0.2, 0.25) is 0 Å². The molecule has 0 saturated heterocycles. The van der Waals surface area contributed by atoms with Crippen molar-refractivity contribution < 1.29 is 9.18 Å². The van der Waals surface area contributed by atoms with Crippen molar-refractivity contribution in [2.75, 3.05) is 6.54 Å². The number of fused-ring (bicyclic) bond motifs is 2. The third-order valence-electron chi connectivity index (χ3n) is 4.26. The van der Waals surface area contributed by atoms with Gasteiger partial charge in [0.15, 0.2) is 5.65 Å². The SMILES string of the molecule is CCNC(=O)c1ccc2c(c1)c(-c1cc3nccnc3[nH]1)c(F)n2C. The van der Waals surface area contributed by atoms with Gasteiger partial charge < -0.3 is 14.9 Å². The van der Waals surface area contributed by atoms with Crippen LogP contribution in [0.4, 0.5) is 4.39 Å². The van der Waals surface area contributed by atoms with Gasteiger partial charge in [-0.1, -0.05) is 0 Å². The number of aromatic nitrogens is 4. The van der Waals surface area contributed by atoms with Crippen LogP contribution in [-0.4, -0.2) is 32.0 Å². The number of hydrogen-bond acceptors (Lipinski definition) is 3. The summed E-state index contributed by atoms with van der Waals surface area (Å²) in [6, 6.07) is 6.93.